The zero-order chi connectivity index (χ0) is 22.4. The number of ether oxygens (including phenoxy) is 1. The maximum atomic E-state index is 12.9. The van der Waals surface area contributed by atoms with E-state index in [0.717, 1.165) is 0 Å². The summed E-state index contributed by atoms with van der Waals surface area (Å²) in [7, 11) is -3.71. The number of nitrogens with zero attached hydrogens (tertiary/aromatic N) is 2. The number of halogens is 1. The molecule has 0 spiro atoms. The summed E-state index contributed by atoms with van der Waals surface area (Å²) in [4.78, 5) is 25.8. The highest BCUT2D eigenvalue weighted by atomic mass is 35.5. The van der Waals surface area contributed by atoms with Crippen LogP contribution in [0.3, 0.4) is 0 Å². The summed E-state index contributed by atoms with van der Waals surface area (Å²) in [5, 5.41) is 0.634. The Morgan fingerprint density at radius 3 is 2.35 bits per heavy atom. The minimum atomic E-state index is -3.71. The lowest BCUT2D eigenvalue weighted by molar-refractivity contribution is -0.132. The van der Waals surface area contributed by atoms with E-state index in [1.54, 1.807) is 41.3 Å². The van der Waals surface area contributed by atoms with Gasteiger partial charge in [0.2, 0.25) is 15.9 Å². The molecule has 2 aromatic carbocycles. The standard InChI is InChI=1S/C22H25ClN2O5S/c1-17(26)18-4-2-5-21(16-18)31(28,29)25-13-11-24(12-14-25)22(27)6-3-15-30-20-9-7-19(23)8-10-20/h2,4-5,7-10,16H,3,6,11-15H2,1H3. The van der Waals surface area contributed by atoms with Gasteiger partial charge in [-0.15, -0.1) is 0 Å². The number of piperazine rings is 1. The number of benzene rings is 2. The number of amides is 1. The van der Waals surface area contributed by atoms with Gasteiger partial charge in [-0.05, 0) is 49.7 Å². The van der Waals surface area contributed by atoms with Crippen molar-refractivity contribution in [1.29, 1.82) is 0 Å². The molecule has 1 amide bonds. The number of ketones is 1. The third kappa shape index (κ3) is 6.06. The fourth-order valence-corrected chi connectivity index (χ4v) is 4.90. The normalized spacial score (nSPS) is 15.0. The second-order valence-corrected chi connectivity index (χ2v) is 9.65. The van der Waals surface area contributed by atoms with Crippen molar-refractivity contribution in [3.63, 3.8) is 0 Å². The third-order valence-electron chi connectivity index (χ3n) is 5.09. The van der Waals surface area contributed by atoms with E-state index >= 15 is 0 Å². The van der Waals surface area contributed by atoms with Gasteiger partial charge in [0, 0.05) is 43.2 Å². The summed E-state index contributed by atoms with van der Waals surface area (Å²) >= 11 is 5.83. The Labute approximate surface area is 187 Å². The SMILES string of the molecule is CC(=O)c1cccc(S(=O)(=O)N2CCN(C(=O)CCCOc3ccc(Cl)cc3)CC2)c1. The molecule has 0 aromatic heterocycles. The predicted octanol–water partition coefficient (Wildman–Crippen LogP) is 3.23. The number of carbonyl (C=O) groups is 2. The van der Waals surface area contributed by atoms with E-state index in [1.807, 2.05) is 0 Å². The number of hydrogen-bond acceptors (Lipinski definition) is 5. The van der Waals surface area contributed by atoms with Gasteiger partial charge in [-0.3, -0.25) is 9.59 Å². The molecule has 1 fully saturated rings. The van der Waals surface area contributed by atoms with Crippen LogP contribution in [0, 0.1) is 0 Å². The van der Waals surface area contributed by atoms with E-state index < -0.39 is 10.0 Å². The number of hydrogen-bond donors (Lipinski definition) is 0. The molecule has 3 rings (SSSR count). The van der Waals surface area contributed by atoms with Gasteiger partial charge in [0.25, 0.3) is 0 Å². The van der Waals surface area contributed by atoms with Gasteiger partial charge < -0.3 is 9.64 Å². The van der Waals surface area contributed by atoms with Gasteiger partial charge >= 0.3 is 0 Å². The van der Waals surface area contributed by atoms with Crippen molar-refractivity contribution in [2.45, 2.75) is 24.7 Å². The summed E-state index contributed by atoms with van der Waals surface area (Å²) in [6.45, 7) is 2.93. The van der Waals surface area contributed by atoms with Crippen LogP contribution < -0.4 is 4.74 Å². The zero-order valence-corrected chi connectivity index (χ0v) is 18.9. The molecule has 2 aromatic rings. The summed E-state index contributed by atoms with van der Waals surface area (Å²) in [5.41, 5.74) is 0.357. The van der Waals surface area contributed by atoms with E-state index in [-0.39, 0.29) is 29.7 Å². The van der Waals surface area contributed by atoms with Crippen LogP contribution in [0.2, 0.25) is 5.02 Å². The van der Waals surface area contributed by atoms with Gasteiger partial charge in [-0.25, -0.2) is 8.42 Å². The van der Waals surface area contributed by atoms with Crippen molar-refractivity contribution in [3.8, 4) is 5.75 Å². The number of Topliss-reactive ketones (excluding diaryl/α,β-unsaturated/α-hetero) is 1. The maximum absolute atomic E-state index is 12.9. The number of rotatable bonds is 8. The lowest BCUT2D eigenvalue weighted by Crippen LogP contribution is -2.50. The van der Waals surface area contributed by atoms with Crippen LogP contribution in [0.1, 0.15) is 30.1 Å². The highest BCUT2D eigenvalue weighted by Gasteiger charge is 2.30. The van der Waals surface area contributed by atoms with Gasteiger partial charge in [0.05, 0.1) is 11.5 Å². The van der Waals surface area contributed by atoms with Gasteiger partial charge in [0.1, 0.15) is 5.75 Å². The van der Waals surface area contributed by atoms with E-state index in [1.165, 1.54) is 23.4 Å². The monoisotopic (exact) mass is 464 g/mol. The molecule has 0 unspecified atom stereocenters. The molecule has 1 aliphatic rings. The lowest BCUT2D eigenvalue weighted by Gasteiger charge is -2.34. The molecule has 1 heterocycles. The Morgan fingerprint density at radius 1 is 1.03 bits per heavy atom. The minimum absolute atomic E-state index is 0.0182. The van der Waals surface area contributed by atoms with Crippen LogP contribution in [0.15, 0.2) is 53.4 Å². The zero-order valence-electron chi connectivity index (χ0n) is 17.3. The molecule has 0 aliphatic carbocycles. The minimum Gasteiger partial charge on any atom is -0.494 e. The topological polar surface area (TPSA) is 84.0 Å². The predicted molar refractivity (Wildman–Crippen MR) is 118 cm³/mol. The molecule has 0 radical (unpaired) electrons. The molecule has 1 aliphatic heterocycles. The van der Waals surface area contributed by atoms with Crippen molar-refractivity contribution in [1.82, 2.24) is 9.21 Å². The Bertz CT molecular complexity index is 1030. The lowest BCUT2D eigenvalue weighted by atomic mass is 10.2. The van der Waals surface area contributed by atoms with Crippen molar-refractivity contribution in [2.24, 2.45) is 0 Å². The highest BCUT2D eigenvalue weighted by Crippen LogP contribution is 2.20. The largest absolute Gasteiger partial charge is 0.494 e. The van der Waals surface area contributed by atoms with E-state index in [0.29, 0.717) is 48.9 Å². The van der Waals surface area contributed by atoms with Crippen molar-refractivity contribution in [2.75, 3.05) is 32.8 Å². The molecule has 0 bridgehead atoms. The first-order valence-corrected chi connectivity index (χ1v) is 11.9. The molecular formula is C22H25ClN2O5S. The number of carbonyl (C=O) groups excluding carboxylic acids is 2. The number of sulfonamides is 1. The Morgan fingerprint density at radius 2 is 1.71 bits per heavy atom. The first kappa shape index (κ1) is 23.2. The fraction of sp³-hybridized carbons (Fsp3) is 0.364. The Balaban J connectivity index is 1.47. The smallest absolute Gasteiger partial charge is 0.243 e. The highest BCUT2D eigenvalue weighted by molar-refractivity contribution is 7.89. The molecule has 166 valence electrons. The van der Waals surface area contributed by atoms with Gasteiger partial charge in [-0.1, -0.05) is 23.7 Å². The van der Waals surface area contributed by atoms with Crippen LogP contribution in [-0.4, -0.2) is 62.1 Å². The molecule has 0 saturated carbocycles. The van der Waals surface area contributed by atoms with Crippen LogP contribution in [0.4, 0.5) is 0 Å². The van der Waals surface area contributed by atoms with Crippen molar-refractivity contribution < 1.29 is 22.7 Å². The van der Waals surface area contributed by atoms with E-state index in [4.69, 9.17) is 16.3 Å². The second kappa shape index (κ2) is 10.3. The summed E-state index contributed by atoms with van der Waals surface area (Å²) in [6, 6.07) is 13.1. The van der Waals surface area contributed by atoms with Gasteiger partial charge in [0.15, 0.2) is 5.78 Å². The average molecular weight is 465 g/mol. The Kier molecular flexibility index (Phi) is 7.69. The van der Waals surface area contributed by atoms with E-state index in [2.05, 4.69) is 0 Å². The first-order valence-electron chi connectivity index (χ1n) is 10.0. The maximum Gasteiger partial charge on any atom is 0.243 e. The molecule has 31 heavy (non-hydrogen) atoms. The summed E-state index contributed by atoms with van der Waals surface area (Å²) in [6.07, 6.45) is 0.902. The van der Waals surface area contributed by atoms with Crippen LogP contribution >= 0.6 is 11.6 Å². The molecule has 1 saturated heterocycles. The quantitative estimate of drug-likeness (QED) is 0.442. The molecule has 9 heteroatoms. The molecule has 0 N–H and O–H groups in total. The third-order valence-corrected chi connectivity index (χ3v) is 7.23. The van der Waals surface area contributed by atoms with Crippen LogP contribution in [0.25, 0.3) is 0 Å². The summed E-state index contributed by atoms with van der Waals surface area (Å²) in [5.74, 6) is 0.493. The first-order chi connectivity index (χ1) is 14.8. The van der Waals surface area contributed by atoms with Crippen molar-refractivity contribution >= 4 is 33.3 Å². The molecule has 7 nitrogen and oxygen atoms in total. The van der Waals surface area contributed by atoms with Crippen molar-refractivity contribution in [3.05, 3.63) is 59.1 Å². The Hall–Kier alpha value is -2.42. The van der Waals surface area contributed by atoms with Gasteiger partial charge in [-0.2, -0.15) is 4.31 Å². The average Bonchev–Trinajstić information content (AvgIpc) is 2.78. The van der Waals surface area contributed by atoms with E-state index in [9.17, 15) is 18.0 Å². The van der Waals surface area contributed by atoms with Crippen LogP contribution in [-0.2, 0) is 14.8 Å². The van der Waals surface area contributed by atoms with Crippen LogP contribution in [0.5, 0.6) is 5.75 Å². The molecular weight excluding hydrogens is 440 g/mol. The second-order valence-electron chi connectivity index (χ2n) is 7.27. The fourth-order valence-electron chi connectivity index (χ4n) is 3.30. The summed E-state index contributed by atoms with van der Waals surface area (Å²) < 4.78 is 32.7. The molecule has 0 atom stereocenters.